The highest BCUT2D eigenvalue weighted by Gasteiger charge is 2.40. The largest absolute Gasteiger partial charge is 0.375 e. The molecule has 1 aromatic carbocycles. The highest BCUT2D eigenvalue weighted by atomic mass is 79.9. The molecule has 21 heavy (non-hydrogen) atoms. The quantitative estimate of drug-likeness (QED) is 0.788. The fourth-order valence-electron chi connectivity index (χ4n) is 3.49. The van der Waals surface area contributed by atoms with Crippen LogP contribution in [0.3, 0.4) is 0 Å². The van der Waals surface area contributed by atoms with E-state index in [-0.39, 0.29) is 11.6 Å². The summed E-state index contributed by atoms with van der Waals surface area (Å²) in [5.74, 6) is 2.88. The van der Waals surface area contributed by atoms with Gasteiger partial charge in [-0.25, -0.2) is 0 Å². The summed E-state index contributed by atoms with van der Waals surface area (Å²) in [5.41, 5.74) is 7.69. The molecule has 2 N–H and O–H groups in total. The molecule has 0 saturated carbocycles. The van der Waals surface area contributed by atoms with Gasteiger partial charge in [-0.2, -0.15) is 11.8 Å². The Hall–Kier alpha value is 0.260. The van der Waals surface area contributed by atoms with E-state index in [4.69, 9.17) is 22.1 Å². The van der Waals surface area contributed by atoms with E-state index in [9.17, 15) is 0 Å². The first-order valence-corrected chi connectivity index (χ1v) is 9.84. The van der Waals surface area contributed by atoms with Crippen molar-refractivity contribution in [1.29, 1.82) is 0 Å². The van der Waals surface area contributed by atoms with E-state index in [1.54, 1.807) is 0 Å². The molecule has 2 aliphatic heterocycles. The lowest BCUT2D eigenvalue weighted by Gasteiger charge is -2.45. The van der Waals surface area contributed by atoms with Gasteiger partial charge in [0, 0.05) is 22.1 Å². The van der Waals surface area contributed by atoms with E-state index in [0.717, 1.165) is 47.3 Å². The number of halogens is 2. The Labute approximate surface area is 144 Å². The first-order chi connectivity index (χ1) is 10.1. The SMILES string of the molecule is NC(c1ccc(Br)cc1Cl)C1CCOC2(CCSCC2)C1. The van der Waals surface area contributed by atoms with Gasteiger partial charge in [-0.05, 0) is 60.8 Å². The first-order valence-electron chi connectivity index (χ1n) is 7.52. The molecule has 2 saturated heterocycles. The molecule has 2 fully saturated rings. The van der Waals surface area contributed by atoms with E-state index >= 15 is 0 Å². The van der Waals surface area contributed by atoms with Crippen LogP contribution in [0.2, 0.25) is 5.02 Å². The predicted molar refractivity (Wildman–Crippen MR) is 94.0 cm³/mol. The first kappa shape index (κ1) is 16.1. The van der Waals surface area contributed by atoms with Crippen molar-refractivity contribution in [2.24, 2.45) is 11.7 Å². The van der Waals surface area contributed by atoms with Gasteiger partial charge in [-0.3, -0.25) is 0 Å². The van der Waals surface area contributed by atoms with Gasteiger partial charge in [0.25, 0.3) is 0 Å². The summed E-state index contributed by atoms with van der Waals surface area (Å²) in [6.45, 7) is 0.831. The van der Waals surface area contributed by atoms with Crippen molar-refractivity contribution in [2.45, 2.75) is 37.3 Å². The van der Waals surface area contributed by atoms with Gasteiger partial charge in [-0.15, -0.1) is 0 Å². The summed E-state index contributed by atoms with van der Waals surface area (Å²) in [6.07, 6.45) is 4.42. The van der Waals surface area contributed by atoms with Gasteiger partial charge < -0.3 is 10.5 Å². The zero-order valence-electron chi connectivity index (χ0n) is 12.0. The molecule has 0 radical (unpaired) electrons. The van der Waals surface area contributed by atoms with Crippen LogP contribution in [0.1, 0.15) is 37.3 Å². The van der Waals surface area contributed by atoms with E-state index in [1.807, 2.05) is 23.9 Å². The molecule has 2 nitrogen and oxygen atoms in total. The van der Waals surface area contributed by atoms with Gasteiger partial charge in [0.05, 0.1) is 5.60 Å². The van der Waals surface area contributed by atoms with Crippen LogP contribution < -0.4 is 5.73 Å². The predicted octanol–water partition coefficient (Wildman–Crippen LogP) is 4.79. The van der Waals surface area contributed by atoms with Crippen molar-refractivity contribution in [3.63, 3.8) is 0 Å². The maximum absolute atomic E-state index is 6.55. The standard InChI is InChI=1S/C16H21BrClNOS/c17-12-1-2-13(14(18)9-12)15(19)11-3-6-20-16(10-11)4-7-21-8-5-16/h1-2,9,11,15H,3-8,10,19H2. The van der Waals surface area contributed by atoms with Gasteiger partial charge in [0.1, 0.15) is 0 Å². The Bertz CT molecular complexity index is 502. The third-order valence-corrected chi connectivity index (χ3v) is 6.57. The average molecular weight is 391 g/mol. The van der Waals surface area contributed by atoms with Gasteiger partial charge >= 0.3 is 0 Å². The lowest BCUT2D eigenvalue weighted by atomic mass is 9.77. The fourth-order valence-corrected chi connectivity index (χ4v) is 5.53. The van der Waals surface area contributed by atoms with Crippen LogP contribution in [-0.4, -0.2) is 23.7 Å². The molecular weight excluding hydrogens is 370 g/mol. The van der Waals surface area contributed by atoms with Crippen LogP contribution in [0.5, 0.6) is 0 Å². The number of ether oxygens (including phenoxy) is 1. The Morgan fingerprint density at radius 2 is 2.14 bits per heavy atom. The van der Waals surface area contributed by atoms with Crippen LogP contribution in [0.25, 0.3) is 0 Å². The van der Waals surface area contributed by atoms with Gasteiger partial charge in [0.2, 0.25) is 0 Å². The van der Waals surface area contributed by atoms with Crippen LogP contribution in [0, 0.1) is 5.92 Å². The van der Waals surface area contributed by atoms with Crippen molar-refractivity contribution in [3.05, 3.63) is 33.3 Å². The zero-order valence-corrected chi connectivity index (χ0v) is 15.1. The van der Waals surface area contributed by atoms with Crippen LogP contribution in [-0.2, 0) is 4.74 Å². The molecule has 2 atom stereocenters. The smallest absolute Gasteiger partial charge is 0.0701 e. The Morgan fingerprint density at radius 3 is 2.86 bits per heavy atom. The zero-order chi connectivity index (χ0) is 14.9. The molecule has 5 heteroatoms. The Balaban J connectivity index is 1.76. The summed E-state index contributed by atoms with van der Waals surface area (Å²) in [5, 5.41) is 0.761. The summed E-state index contributed by atoms with van der Waals surface area (Å²) < 4.78 is 7.16. The van der Waals surface area contributed by atoms with E-state index < -0.39 is 0 Å². The third-order valence-electron chi connectivity index (χ3n) is 4.76. The minimum absolute atomic E-state index is 0.000884. The molecule has 2 heterocycles. The number of thioether (sulfide) groups is 1. The fraction of sp³-hybridized carbons (Fsp3) is 0.625. The van der Waals surface area contributed by atoms with Crippen molar-refractivity contribution in [1.82, 2.24) is 0 Å². The molecule has 3 rings (SSSR count). The Morgan fingerprint density at radius 1 is 1.38 bits per heavy atom. The number of nitrogens with two attached hydrogens (primary N) is 1. The highest BCUT2D eigenvalue weighted by molar-refractivity contribution is 9.10. The van der Waals surface area contributed by atoms with E-state index in [2.05, 4.69) is 22.0 Å². The lowest BCUT2D eigenvalue weighted by Crippen LogP contribution is -2.45. The molecular formula is C16H21BrClNOS. The number of hydrogen-bond donors (Lipinski definition) is 1. The molecule has 0 aliphatic carbocycles. The van der Waals surface area contributed by atoms with E-state index in [0.29, 0.717) is 5.92 Å². The molecule has 0 bridgehead atoms. The van der Waals surface area contributed by atoms with Crippen LogP contribution in [0.4, 0.5) is 0 Å². The summed E-state index contributed by atoms with van der Waals surface area (Å²) in [4.78, 5) is 0. The normalized spacial score (nSPS) is 26.7. The monoisotopic (exact) mass is 389 g/mol. The van der Waals surface area contributed by atoms with Gasteiger partial charge in [-0.1, -0.05) is 33.6 Å². The van der Waals surface area contributed by atoms with Crippen molar-refractivity contribution >= 4 is 39.3 Å². The molecule has 116 valence electrons. The molecule has 1 aromatic rings. The maximum Gasteiger partial charge on any atom is 0.0701 e. The molecule has 0 amide bonds. The summed E-state index contributed by atoms with van der Waals surface area (Å²) >= 11 is 11.9. The topological polar surface area (TPSA) is 35.2 Å². The minimum atomic E-state index is 0.000884. The third kappa shape index (κ3) is 3.61. The number of rotatable bonds is 2. The minimum Gasteiger partial charge on any atom is -0.375 e. The maximum atomic E-state index is 6.55. The van der Waals surface area contributed by atoms with Gasteiger partial charge in [0.15, 0.2) is 0 Å². The van der Waals surface area contributed by atoms with Crippen LogP contribution >= 0.6 is 39.3 Å². The van der Waals surface area contributed by atoms with E-state index in [1.165, 1.54) is 11.5 Å². The number of hydrogen-bond acceptors (Lipinski definition) is 3. The van der Waals surface area contributed by atoms with Crippen molar-refractivity contribution < 1.29 is 4.74 Å². The molecule has 1 spiro atoms. The highest BCUT2D eigenvalue weighted by Crippen LogP contribution is 2.43. The molecule has 0 aromatic heterocycles. The lowest BCUT2D eigenvalue weighted by molar-refractivity contribution is -0.105. The molecule has 2 aliphatic rings. The van der Waals surface area contributed by atoms with Crippen LogP contribution in [0.15, 0.2) is 22.7 Å². The number of benzene rings is 1. The van der Waals surface area contributed by atoms with Crippen molar-refractivity contribution in [2.75, 3.05) is 18.1 Å². The summed E-state index contributed by atoms with van der Waals surface area (Å²) in [6, 6.07) is 6.01. The molecule has 2 unspecified atom stereocenters. The summed E-state index contributed by atoms with van der Waals surface area (Å²) in [7, 11) is 0. The second-order valence-corrected chi connectivity index (χ2v) is 8.64. The Kier molecular flexibility index (Phi) is 5.22. The van der Waals surface area contributed by atoms with Crippen molar-refractivity contribution in [3.8, 4) is 0 Å². The second-order valence-electron chi connectivity index (χ2n) is 6.09. The second kappa shape index (κ2) is 6.79. The average Bonchev–Trinajstić information content (AvgIpc) is 2.47.